The van der Waals surface area contributed by atoms with Crippen molar-refractivity contribution >= 4 is 32.6 Å². The first-order chi connectivity index (χ1) is 14.2. The van der Waals surface area contributed by atoms with Gasteiger partial charge in [0, 0.05) is 37.8 Å². The van der Waals surface area contributed by atoms with Gasteiger partial charge in [-0.15, -0.1) is 0 Å². The third kappa shape index (κ3) is 4.75. The van der Waals surface area contributed by atoms with E-state index in [0.717, 1.165) is 60.4 Å². The monoisotopic (exact) mass is 411 g/mol. The zero-order valence-electron chi connectivity index (χ0n) is 16.5. The summed E-state index contributed by atoms with van der Waals surface area (Å²) in [5.41, 5.74) is 1.53. The Morgan fingerprint density at radius 1 is 1.21 bits per heavy atom. The van der Waals surface area contributed by atoms with Gasteiger partial charge in [-0.1, -0.05) is 29.5 Å². The fourth-order valence-electron chi connectivity index (χ4n) is 3.44. The summed E-state index contributed by atoms with van der Waals surface area (Å²) in [6.07, 6.45) is 0.887. The van der Waals surface area contributed by atoms with Gasteiger partial charge in [0.05, 0.1) is 30.5 Å². The Balaban J connectivity index is 1.56. The first-order valence-corrected chi connectivity index (χ1v) is 10.7. The van der Waals surface area contributed by atoms with E-state index in [9.17, 15) is 4.79 Å². The van der Waals surface area contributed by atoms with Crippen LogP contribution in [0.1, 0.15) is 16.8 Å². The van der Waals surface area contributed by atoms with Crippen LogP contribution in [-0.2, 0) is 4.74 Å². The number of benzene rings is 2. The summed E-state index contributed by atoms with van der Waals surface area (Å²) >= 11 is 1.54. The maximum Gasteiger partial charge on any atom is 0.260 e. The number of aromatic nitrogens is 1. The number of hydrogen-bond acceptors (Lipinski definition) is 6. The summed E-state index contributed by atoms with van der Waals surface area (Å²) < 4.78 is 11.8. The molecular weight excluding hydrogens is 386 g/mol. The number of thiazole rings is 1. The molecule has 7 heteroatoms. The predicted octanol–water partition coefficient (Wildman–Crippen LogP) is 3.67. The summed E-state index contributed by atoms with van der Waals surface area (Å²) in [5.74, 6) is 0.751. The number of amides is 1. The standard InChI is InChI=1S/C22H25N3O3S/c1-27-18-8-9-20-19(16-18)23-22(29-20)25(21(26)17-6-3-2-4-7-17)11-5-10-24-12-14-28-15-13-24/h2-4,6-9,16H,5,10-15H2,1H3. The molecule has 1 aliphatic rings. The van der Waals surface area contributed by atoms with Gasteiger partial charge in [-0.05, 0) is 30.7 Å². The van der Waals surface area contributed by atoms with Gasteiger partial charge in [-0.2, -0.15) is 0 Å². The highest BCUT2D eigenvalue weighted by Crippen LogP contribution is 2.32. The Morgan fingerprint density at radius 2 is 2.00 bits per heavy atom. The van der Waals surface area contributed by atoms with Crippen LogP contribution >= 0.6 is 11.3 Å². The Labute approximate surface area is 174 Å². The van der Waals surface area contributed by atoms with Crippen molar-refractivity contribution in [3.05, 3.63) is 54.1 Å². The number of morpholine rings is 1. The number of fused-ring (bicyclic) bond motifs is 1. The molecule has 1 amide bonds. The fraction of sp³-hybridized carbons (Fsp3) is 0.364. The van der Waals surface area contributed by atoms with Gasteiger partial charge in [0.15, 0.2) is 5.13 Å². The number of hydrogen-bond donors (Lipinski definition) is 0. The Morgan fingerprint density at radius 3 is 2.76 bits per heavy atom. The van der Waals surface area contributed by atoms with Crippen LogP contribution in [0.2, 0.25) is 0 Å². The minimum absolute atomic E-state index is 0.0152. The van der Waals surface area contributed by atoms with Crippen molar-refractivity contribution in [2.75, 3.05) is 51.4 Å². The zero-order valence-corrected chi connectivity index (χ0v) is 17.4. The van der Waals surface area contributed by atoms with Crippen LogP contribution in [0.5, 0.6) is 5.75 Å². The van der Waals surface area contributed by atoms with Crippen molar-refractivity contribution in [3.63, 3.8) is 0 Å². The van der Waals surface area contributed by atoms with Crippen molar-refractivity contribution in [1.29, 1.82) is 0 Å². The topological polar surface area (TPSA) is 54.9 Å². The molecule has 0 bridgehead atoms. The lowest BCUT2D eigenvalue weighted by Gasteiger charge is -2.27. The summed E-state index contributed by atoms with van der Waals surface area (Å²) in [6.45, 7) is 5.04. The molecule has 0 saturated carbocycles. The van der Waals surface area contributed by atoms with Gasteiger partial charge in [0.25, 0.3) is 5.91 Å². The lowest BCUT2D eigenvalue weighted by molar-refractivity contribution is 0.0376. The fourth-order valence-corrected chi connectivity index (χ4v) is 4.41. The van der Waals surface area contributed by atoms with Crippen molar-refractivity contribution in [2.24, 2.45) is 0 Å². The SMILES string of the molecule is COc1ccc2sc(N(CCCN3CCOCC3)C(=O)c3ccccc3)nc2c1. The van der Waals surface area contributed by atoms with E-state index < -0.39 is 0 Å². The average Bonchev–Trinajstić information content (AvgIpc) is 3.20. The second-order valence-electron chi connectivity index (χ2n) is 6.96. The van der Waals surface area contributed by atoms with Crippen molar-refractivity contribution < 1.29 is 14.3 Å². The van der Waals surface area contributed by atoms with E-state index in [4.69, 9.17) is 14.5 Å². The summed E-state index contributed by atoms with van der Waals surface area (Å²) in [5, 5.41) is 0.726. The molecule has 0 radical (unpaired) electrons. The van der Waals surface area contributed by atoms with Crippen LogP contribution in [-0.4, -0.2) is 62.3 Å². The highest BCUT2D eigenvalue weighted by Gasteiger charge is 2.22. The third-order valence-electron chi connectivity index (χ3n) is 5.04. The van der Waals surface area contributed by atoms with Crippen LogP contribution in [0.25, 0.3) is 10.2 Å². The molecule has 2 heterocycles. The van der Waals surface area contributed by atoms with Crippen molar-refractivity contribution in [2.45, 2.75) is 6.42 Å². The summed E-state index contributed by atoms with van der Waals surface area (Å²) in [7, 11) is 1.64. The van der Waals surface area contributed by atoms with E-state index in [1.807, 2.05) is 53.4 Å². The van der Waals surface area contributed by atoms with Crippen molar-refractivity contribution in [3.8, 4) is 5.75 Å². The first kappa shape index (κ1) is 19.8. The van der Waals surface area contributed by atoms with E-state index in [2.05, 4.69) is 4.90 Å². The van der Waals surface area contributed by atoms with Gasteiger partial charge in [-0.3, -0.25) is 14.6 Å². The largest absolute Gasteiger partial charge is 0.497 e. The average molecular weight is 412 g/mol. The van der Waals surface area contributed by atoms with Crippen LogP contribution < -0.4 is 9.64 Å². The molecule has 0 atom stereocenters. The van der Waals surface area contributed by atoms with Crippen LogP contribution in [0.4, 0.5) is 5.13 Å². The molecule has 1 aromatic heterocycles. The minimum atomic E-state index is -0.0152. The molecule has 3 aromatic rings. The van der Waals surface area contributed by atoms with E-state index in [0.29, 0.717) is 12.1 Å². The molecule has 1 saturated heterocycles. The normalized spacial score (nSPS) is 14.8. The number of carbonyl (C=O) groups is 1. The lowest BCUT2D eigenvalue weighted by Crippen LogP contribution is -2.39. The second kappa shape index (κ2) is 9.35. The van der Waals surface area contributed by atoms with Gasteiger partial charge >= 0.3 is 0 Å². The molecule has 152 valence electrons. The maximum absolute atomic E-state index is 13.3. The van der Waals surface area contributed by atoms with Gasteiger partial charge in [-0.25, -0.2) is 4.98 Å². The predicted molar refractivity (Wildman–Crippen MR) is 116 cm³/mol. The second-order valence-corrected chi connectivity index (χ2v) is 7.97. The van der Waals surface area contributed by atoms with E-state index >= 15 is 0 Å². The van der Waals surface area contributed by atoms with Crippen LogP contribution in [0, 0.1) is 0 Å². The molecule has 0 unspecified atom stereocenters. The molecule has 1 aliphatic heterocycles. The van der Waals surface area contributed by atoms with Gasteiger partial charge in [0.2, 0.25) is 0 Å². The van der Waals surface area contributed by atoms with E-state index in [-0.39, 0.29) is 5.91 Å². The molecule has 4 rings (SSSR count). The number of methoxy groups -OCH3 is 1. The minimum Gasteiger partial charge on any atom is -0.497 e. The maximum atomic E-state index is 13.3. The molecule has 1 fully saturated rings. The number of carbonyl (C=O) groups excluding carboxylic acids is 1. The number of nitrogens with zero attached hydrogens (tertiary/aromatic N) is 3. The third-order valence-corrected chi connectivity index (χ3v) is 6.10. The van der Waals surface area contributed by atoms with Crippen LogP contribution in [0.15, 0.2) is 48.5 Å². The molecule has 0 aliphatic carbocycles. The number of anilines is 1. The zero-order chi connectivity index (χ0) is 20.1. The Kier molecular flexibility index (Phi) is 6.39. The highest BCUT2D eigenvalue weighted by molar-refractivity contribution is 7.22. The number of ether oxygens (including phenoxy) is 2. The highest BCUT2D eigenvalue weighted by atomic mass is 32.1. The van der Waals surface area contributed by atoms with Crippen molar-refractivity contribution in [1.82, 2.24) is 9.88 Å². The summed E-state index contributed by atoms with van der Waals surface area (Å²) in [6, 6.07) is 15.2. The molecule has 29 heavy (non-hydrogen) atoms. The smallest absolute Gasteiger partial charge is 0.260 e. The lowest BCUT2D eigenvalue weighted by atomic mass is 10.2. The van der Waals surface area contributed by atoms with Gasteiger partial charge < -0.3 is 9.47 Å². The molecule has 0 spiro atoms. The Bertz CT molecular complexity index is 954. The first-order valence-electron chi connectivity index (χ1n) is 9.86. The molecular formula is C22H25N3O3S. The van der Waals surface area contributed by atoms with Crippen LogP contribution in [0.3, 0.4) is 0 Å². The number of rotatable bonds is 7. The molecule has 0 N–H and O–H groups in total. The summed E-state index contributed by atoms with van der Waals surface area (Å²) in [4.78, 5) is 22.2. The Hall–Kier alpha value is -2.48. The van der Waals surface area contributed by atoms with Gasteiger partial charge in [0.1, 0.15) is 5.75 Å². The molecule has 6 nitrogen and oxygen atoms in total. The quantitative estimate of drug-likeness (QED) is 0.594. The molecule has 2 aromatic carbocycles. The van der Waals surface area contributed by atoms with E-state index in [1.165, 1.54) is 11.3 Å². The van der Waals surface area contributed by atoms with E-state index in [1.54, 1.807) is 7.11 Å².